The Hall–Kier alpha value is -1.27. The van der Waals surface area contributed by atoms with E-state index in [0.29, 0.717) is 21.9 Å². The molecule has 0 radical (unpaired) electrons. The van der Waals surface area contributed by atoms with E-state index in [1.807, 2.05) is 18.4 Å². The molecule has 0 saturated heterocycles. The van der Waals surface area contributed by atoms with Gasteiger partial charge in [0.05, 0.1) is 0 Å². The molecule has 2 aromatic rings. The van der Waals surface area contributed by atoms with Gasteiger partial charge in [0.25, 0.3) is 0 Å². The zero-order valence-electron chi connectivity index (χ0n) is 10.6. The van der Waals surface area contributed by atoms with E-state index in [2.05, 4.69) is 10.2 Å². The SMILES string of the molecule is CC(C)n1c(N)nnc1SCc1cc(F)ccc1Cl. The molecule has 0 atom stereocenters. The van der Waals surface area contributed by atoms with Gasteiger partial charge in [-0.05, 0) is 37.6 Å². The monoisotopic (exact) mass is 300 g/mol. The van der Waals surface area contributed by atoms with Crippen LogP contribution in [0, 0.1) is 5.82 Å². The molecule has 0 aliphatic rings. The van der Waals surface area contributed by atoms with Gasteiger partial charge in [0.2, 0.25) is 5.95 Å². The molecule has 19 heavy (non-hydrogen) atoms. The normalized spacial score (nSPS) is 11.2. The molecule has 0 unspecified atom stereocenters. The molecule has 0 spiro atoms. The Morgan fingerprint density at radius 2 is 2.16 bits per heavy atom. The smallest absolute Gasteiger partial charge is 0.222 e. The van der Waals surface area contributed by atoms with Crippen molar-refractivity contribution in [2.75, 3.05) is 5.73 Å². The van der Waals surface area contributed by atoms with Crippen LogP contribution in [0.2, 0.25) is 5.02 Å². The molecule has 2 rings (SSSR count). The van der Waals surface area contributed by atoms with Crippen molar-refractivity contribution in [1.29, 1.82) is 0 Å². The predicted octanol–water partition coefficient (Wildman–Crippen LogP) is 3.53. The van der Waals surface area contributed by atoms with Gasteiger partial charge in [0.15, 0.2) is 5.16 Å². The Bertz CT molecular complexity index is 585. The molecule has 4 nitrogen and oxygen atoms in total. The minimum absolute atomic E-state index is 0.167. The average Bonchev–Trinajstić information content (AvgIpc) is 2.72. The predicted molar refractivity (Wildman–Crippen MR) is 75.8 cm³/mol. The van der Waals surface area contributed by atoms with Gasteiger partial charge in [0, 0.05) is 16.8 Å². The lowest BCUT2D eigenvalue weighted by Crippen LogP contribution is -2.07. The van der Waals surface area contributed by atoms with Crippen LogP contribution in [0.1, 0.15) is 25.5 Å². The quantitative estimate of drug-likeness (QED) is 0.878. The molecule has 1 heterocycles. The number of benzene rings is 1. The number of nitrogens with zero attached hydrogens (tertiary/aromatic N) is 3. The third-order valence-electron chi connectivity index (χ3n) is 2.57. The molecule has 1 aromatic carbocycles. The number of halogens is 2. The van der Waals surface area contributed by atoms with Crippen molar-refractivity contribution in [2.45, 2.75) is 30.8 Å². The molecule has 2 N–H and O–H groups in total. The van der Waals surface area contributed by atoms with E-state index in [4.69, 9.17) is 17.3 Å². The fourth-order valence-corrected chi connectivity index (χ4v) is 3.00. The first-order valence-corrected chi connectivity index (χ1v) is 7.12. The van der Waals surface area contributed by atoms with Gasteiger partial charge in [-0.2, -0.15) is 0 Å². The molecule has 0 aliphatic carbocycles. The van der Waals surface area contributed by atoms with Crippen molar-refractivity contribution >= 4 is 29.3 Å². The molecule has 0 fully saturated rings. The summed E-state index contributed by atoms with van der Waals surface area (Å²) in [6.07, 6.45) is 0. The third kappa shape index (κ3) is 3.19. The van der Waals surface area contributed by atoms with Crippen molar-refractivity contribution in [1.82, 2.24) is 14.8 Å². The van der Waals surface area contributed by atoms with Gasteiger partial charge in [-0.15, -0.1) is 10.2 Å². The van der Waals surface area contributed by atoms with Crippen molar-refractivity contribution in [3.05, 3.63) is 34.6 Å². The summed E-state index contributed by atoms with van der Waals surface area (Å²) in [6.45, 7) is 4.00. The van der Waals surface area contributed by atoms with E-state index in [1.54, 1.807) is 6.07 Å². The molecule has 1 aromatic heterocycles. The fourth-order valence-electron chi connectivity index (χ4n) is 1.67. The van der Waals surface area contributed by atoms with Crippen LogP contribution in [0.25, 0.3) is 0 Å². The number of anilines is 1. The number of aromatic nitrogens is 3. The van der Waals surface area contributed by atoms with Crippen LogP contribution in [0.15, 0.2) is 23.4 Å². The van der Waals surface area contributed by atoms with Gasteiger partial charge in [-0.25, -0.2) is 4.39 Å². The summed E-state index contributed by atoms with van der Waals surface area (Å²) in [5, 5.41) is 9.11. The first kappa shape index (κ1) is 14.1. The molecular weight excluding hydrogens is 287 g/mol. The fraction of sp³-hybridized carbons (Fsp3) is 0.333. The molecule has 0 bridgehead atoms. The summed E-state index contributed by atoms with van der Waals surface area (Å²) < 4.78 is 15.0. The van der Waals surface area contributed by atoms with E-state index >= 15 is 0 Å². The van der Waals surface area contributed by atoms with Crippen LogP contribution in [-0.2, 0) is 5.75 Å². The highest BCUT2D eigenvalue weighted by atomic mass is 35.5. The number of thioether (sulfide) groups is 1. The van der Waals surface area contributed by atoms with Crippen molar-refractivity contribution < 1.29 is 4.39 Å². The highest BCUT2D eigenvalue weighted by Gasteiger charge is 2.13. The van der Waals surface area contributed by atoms with Crippen LogP contribution in [-0.4, -0.2) is 14.8 Å². The highest BCUT2D eigenvalue weighted by Crippen LogP contribution is 2.28. The largest absolute Gasteiger partial charge is 0.368 e. The molecular formula is C12H14ClFN4S. The Morgan fingerprint density at radius 3 is 2.84 bits per heavy atom. The zero-order valence-corrected chi connectivity index (χ0v) is 12.2. The van der Waals surface area contributed by atoms with Crippen molar-refractivity contribution in [3.8, 4) is 0 Å². The van der Waals surface area contributed by atoms with E-state index in [9.17, 15) is 4.39 Å². The second-order valence-electron chi connectivity index (χ2n) is 4.33. The highest BCUT2D eigenvalue weighted by molar-refractivity contribution is 7.98. The van der Waals surface area contributed by atoms with Crippen LogP contribution < -0.4 is 5.73 Å². The topological polar surface area (TPSA) is 56.7 Å². The van der Waals surface area contributed by atoms with Gasteiger partial charge in [-0.3, -0.25) is 4.57 Å². The maximum Gasteiger partial charge on any atom is 0.222 e. The number of rotatable bonds is 4. The first-order valence-electron chi connectivity index (χ1n) is 5.76. The number of nitrogens with two attached hydrogens (primary N) is 1. The van der Waals surface area contributed by atoms with Gasteiger partial charge in [0.1, 0.15) is 5.82 Å². The van der Waals surface area contributed by atoms with E-state index in [-0.39, 0.29) is 11.9 Å². The molecule has 0 amide bonds. The number of hydrogen-bond donors (Lipinski definition) is 1. The third-order valence-corrected chi connectivity index (χ3v) is 3.93. The lowest BCUT2D eigenvalue weighted by atomic mass is 10.2. The van der Waals surface area contributed by atoms with Gasteiger partial charge >= 0.3 is 0 Å². The lowest BCUT2D eigenvalue weighted by molar-refractivity contribution is 0.557. The minimum Gasteiger partial charge on any atom is -0.368 e. The summed E-state index contributed by atoms with van der Waals surface area (Å²) in [6, 6.07) is 4.48. The second-order valence-corrected chi connectivity index (χ2v) is 5.68. The zero-order chi connectivity index (χ0) is 14.0. The van der Waals surface area contributed by atoms with Crippen LogP contribution in [0.5, 0.6) is 0 Å². The average molecular weight is 301 g/mol. The summed E-state index contributed by atoms with van der Waals surface area (Å²) in [7, 11) is 0. The van der Waals surface area contributed by atoms with Gasteiger partial charge < -0.3 is 5.73 Å². The summed E-state index contributed by atoms with van der Waals surface area (Å²) in [5.41, 5.74) is 6.48. The molecule has 0 aliphatic heterocycles. The number of hydrogen-bond acceptors (Lipinski definition) is 4. The van der Waals surface area contributed by atoms with Crippen molar-refractivity contribution in [2.24, 2.45) is 0 Å². The van der Waals surface area contributed by atoms with E-state index in [0.717, 1.165) is 5.56 Å². The Morgan fingerprint density at radius 1 is 1.42 bits per heavy atom. The maximum absolute atomic E-state index is 13.2. The molecule has 7 heteroatoms. The Labute approximate surface area is 120 Å². The first-order chi connectivity index (χ1) is 8.99. The Balaban J connectivity index is 2.17. The van der Waals surface area contributed by atoms with Crippen LogP contribution in [0.3, 0.4) is 0 Å². The lowest BCUT2D eigenvalue weighted by Gasteiger charge is -2.11. The Kier molecular flexibility index (Phi) is 4.31. The standard InChI is InChI=1S/C12H14ClFN4S/c1-7(2)18-11(15)16-17-12(18)19-6-8-5-9(14)3-4-10(8)13/h3-5,7H,6H2,1-2H3,(H2,15,16). The number of nitrogen functional groups attached to an aromatic ring is 1. The van der Waals surface area contributed by atoms with E-state index < -0.39 is 0 Å². The van der Waals surface area contributed by atoms with Crippen LogP contribution in [0.4, 0.5) is 10.3 Å². The summed E-state index contributed by atoms with van der Waals surface area (Å²) in [4.78, 5) is 0. The molecule has 102 valence electrons. The van der Waals surface area contributed by atoms with Crippen LogP contribution >= 0.6 is 23.4 Å². The second kappa shape index (κ2) is 5.79. The van der Waals surface area contributed by atoms with Crippen molar-refractivity contribution in [3.63, 3.8) is 0 Å². The summed E-state index contributed by atoms with van der Waals surface area (Å²) in [5.74, 6) is 0.592. The maximum atomic E-state index is 13.2. The van der Waals surface area contributed by atoms with Gasteiger partial charge in [-0.1, -0.05) is 23.4 Å². The summed E-state index contributed by atoms with van der Waals surface area (Å²) >= 11 is 7.45. The minimum atomic E-state index is -0.301. The van der Waals surface area contributed by atoms with E-state index in [1.165, 1.54) is 23.9 Å². The molecule has 0 saturated carbocycles.